The highest BCUT2D eigenvalue weighted by molar-refractivity contribution is 5.98. The first-order valence-electron chi connectivity index (χ1n) is 22.1. The van der Waals surface area contributed by atoms with Crippen molar-refractivity contribution in [3.8, 4) is 0 Å². The minimum absolute atomic E-state index is 0.00467. The average Bonchev–Trinajstić information content (AvgIpc) is 3.95. The van der Waals surface area contributed by atoms with Crippen molar-refractivity contribution >= 4 is 70.2 Å². The summed E-state index contributed by atoms with van der Waals surface area (Å²) in [5, 5.41) is 20.0. The summed E-state index contributed by atoms with van der Waals surface area (Å²) in [4.78, 5) is 121. The lowest BCUT2D eigenvalue weighted by molar-refractivity contribution is -0.135. The number of carbonyl (C=O) groups is 8. The van der Waals surface area contributed by atoms with E-state index >= 15 is 0 Å². The first-order valence-corrected chi connectivity index (χ1v) is 22.1. The summed E-state index contributed by atoms with van der Waals surface area (Å²) < 4.78 is 0. The van der Waals surface area contributed by atoms with Crippen LogP contribution in [0.3, 0.4) is 0 Å². The molecule has 1 fully saturated rings. The average molecular weight is 909 g/mol. The maximum Gasteiger partial charge on any atom is 0.243 e. The lowest BCUT2D eigenvalue weighted by Gasteiger charge is -2.28. The normalized spacial score (nSPS) is 23.0. The number of Topliss-reactive ketones (excluding diaryl/α,β-unsaturated/α-hetero) is 1. The Morgan fingerprint density at radius 2 is 1.39 bits per heavy atom. The van der Waals surface area contributed by atoms with Gasteiger partial charge in [0.15, 0.2) is 11.7 Å². The molecule has 20 heteroatoms. The number of nitrogens with one attached hydrogen (secondary N) is 8. The molecular formula is C46H60N12O8. The number of H-pyrrole nitrogens is 1. The molecule has 0 unspecified atom stereocenters. The number of aliphatic imine (C=N–C) groups is 2. The van der Waals surface area contributed by atoms with Crippen LogP contribution in [0.25, 0.3) is 10.9 Å². The van der Waals surface area contributed by atoms with Gasteiger partial charge < -0.3 is 53.7 Å². The quantitative estimate of drug-likeness (QED) is 0.0657. The number of para-hydroxylation sites is 1. The lowest BCUT2D eigenvalue weighted by Crippen LogP contribution is -2.60. The van der Waals surface area contributed by atoms with E-state index in [1.54, 1.807) is 48.8 Å². The predicted molar refractivity (Wildman–Crippen MR) is 247 cm³/mol. The Morgan fingerprint density at radius 3 is 2.08 bits per heavy atom. The van der Waals surface area contributed by atoms with Gasteiger partial charge in [-0.25, -0.2) is 0 Å². The smallest absolute Gasteiger partial charge is 0.243 e. The molecule has 12 N–H and O–H groups in total. The van der Waals surface area contributed by atoms with E-state index in [2.05, 4.69) is 52.2 Å². The summed E-state index contributed by atoms with van der Waals surface area (Å²) in [5.74, 6) is -5.11. The van der Waals surface area contributed by atoms with Crippen molar-refractivity contribution in [2.75, 3.05) is 13.1 Å². The Kier molecular flexibility index (Phi) is 18.5. The van der Waals surface area contributed by atoms with Crippen LogP contribution in [0, 0.1) is 0 Å². The monoisotopic (exact) mass is 908 g/mol. The maximum absolute atomic E-state index is 14.5. The topological polar surface area (TPSA) is 313 Å². The van der Waals surface area contributed by atoms with E-state index in [0.717, 1.165) is 10.9 Å². The van der Waals surface area contributed by atoms with E-state index in [4.69, 9.17) is 11.5 Å². The van der Waals surface area contributed by atoms with Crippen LogP contribution in [-0.4, -0.2) is 114 Å². The lowest BCUT2D eigenvalue weighted by atomic mass is 10.0. The van der Waals surface area contributed by atoms with Crippen molar-refractivity contribution in [3.05, 3.63) is 83.7 Å². The Labute approximate surface area is 382 Å². The molecule has 0 saturated carbocycles. The standard InChI is InChI=1S/C46H60N12O8/c1-27(59)33-16-8-18-40(61)50-22-19-36(53-28(2)60)42(63)58-39(25-31-13-9-20-49-31)45(66)56-37(23-29-11-4-3-5-12-29)43(64)55-35(17-10-21-51-46(47)48)41(62)57-38(44(65)54-33)24-30-26-52-34-15-7-6-14-32(30)34/h3-7,11-15,20,26,33,35-39,52H,8-10,16-19,21-25H2,1-2H3,(H,50,61)(H,53,60)(H,54,65)(H,55,64)(H,56,66)(H,57,62)(H,58,63)(H4,47,48,51)/t33-,35-,36-,37+,38-,39-/m0/s1. The molecule has 0 radical (unpaired) electrons. The minimum atomic E-state index is -1.31. The van der Waals surface area contributed by atoms with Gasteiger partial charge in [-0.15, -0.1) is 0 Å². The number of ketones is 1. The number of allylic oxidation sites excluding steroid dienone is 1. The van der Waals surface area contributed by atoms with Gasteiger partial charge in [0.2, 0.25) is 41.4 Å². The predicted octanol–water partition coefficient (Wildman–Crippen LogP) is -0.0369. The number of nitrogens with two attached hydrogens (primary N) is 2. The van der Waals surface area contributed by atoms with Crippen LogP contribution in [0.2, 0.25) is 0 Å². The number of aromatic amines is 1. The molecule has 0 aliphatic carbocycles. The van der Waals surface area contributed by atoms with Crippen LogP contribution < -0.4 is 48.7 Å². The van der Waals surface area contributed by atoms with E-state index < -0.39 is 77.6 Å². The third-order valence-corrected chi connectivity index (χ3v) is 11.1. The van der Waals surface area contributed by atoms with E-state index in [0.29, 0.717) is 23.2 Å². The van der Waals surface area contributed by atoms with Crippen LogP contribution in [0.4, 0.5) is 0 Å². The third-order valence-electron chi connectivity index (χ3n) is 11.1. The fraction of sp³-hybridized carbons (Fsp3) is 0.435. The highest BCUT2D eigenvalue weighted by Gasteiger charge is 2.34. The number of carbonyl (C=O) groups excluding carboxylic acids is 8. The summed E-state index contributed by atoms with van der Waals surface area (Å²) in [7, 11) is 0. The Morgan fingerprint density at radius 1 is 0.758 bits per heavy atom. The molecule has 2 aromatic carbocycles. The van der Waals surface area contributed by atoms with Crippen LogP contribution in [-0.2, 0) is 51.2 Å². The van der Waals surface area contributed by atoms with Gasteiger partial charge in [-0.1, -0.05) is 54.6 Å². The van der Waals surface area contributed by atoms with Crippen molar-refractivity contribution in [1.82, 2.24) is 42.2 Å². The van der Waals surface area contributed by atoms with Crippen LogP contribution in [0.5, 0.6) is 0 Å². The number of hydrogen-bond donors (Lipinski definition) is 10. The number of guanidine groups is 1. The first-order chi connectivity index (χ1) is 31.7. The molecule has 2 aliphatic rings. The Hall–Kier alpha value is -7.38. The third kappa shape index (κ3) is 15.4. The van der Waals surface area contributed by atoms with Crippen molar-refractivity contribution in [2.45, 2.75) is 114 Å². The van der Waals surface area contributed by atoms with Gasteiger partial charge in [0.1, 0.15) is 30.2 Å². The minimum Gasteiger partial charge on any atom is -0.370 e. The molecule has 352 valence electrons. The summed E-state index contributed by atoms with van der Waals surface area (Å²) in [5.41, 5.74) is 13.8. The van der Waals surface area contributed by atoms with Crippen molar-refractivity contribution in [2.24, 2.45) is 21.5 Å². The highest BCUT2D eigenvalue weighted by atomic mass is 16.2. The molecule has 1 saturated heterocycles. The first kappa shape index (κ1) is 49.6. The van der Waals surface area contributed by atoms with Gasteiger partial charge in [-0.3, -0.25) is 48.3 Å². The number of rotatable bonds is 12. The summed E-state index contributed by atoms with van der Waals surface area (Å²) in [6, 6.07) is 8.94. The Bertz CT molecular complexity index is 2320. The second kappa shape index (κ2) is 24.6. The number of fused-ring (bicyclic) bond motifs is 1. The SMILES string of the molecule is CC(=O)N[C@H]1CCNC(=O)CCC[C@@H](C(C)=O)NC(=O)[C@H](Cc2c[nH]c3ccccc23)NC(=O)[C@H](CCCN=C(N)N)NC(=O)[C@@H](Cc2ccccc2)NC(=O)[C@H](CC2=CCC=N2)NC1=O. The molecule has 0 bridgehead atoms. The van der Waals surface area contributed by atoms with Crippen LogP contribution in [0.15, 0.2) is 82.6 Å². The van der Waals surface area contributed by atoms with Crippen LogP contribution in [0.1, 0.15) is 76.3 Å². The van der Waals surface area contributed by atoms with E-state index in [-0.39, 0.29) is 82.6 Å². The number of aromatic nitrogens is 1. The molecule has 3 heterocycles. The van der Waals surface area contributed by atoms with E-state index in [1.165, 1.54) is 13.8 Å². The molecule has 7 amide bonds. The molecule has 1 aromatic heterocycles. The fourth-order valence-electron chi connectivity index (χ4n) is 7.69. The molecule has 66 heavy (non-hydrogen) atoms. The molecule has 5 rings (SSSR count). The van der Waals surface area contributed by atoms with Gasteiger partial charge in [0, 0.05) is 81.1 Å². The number of nitrogens with zero attached hydrogens (tertiary/aromatic N) is 2. The molecule has 2 aliphatic heterocycles. The zero-order valence-electron chi connectivity index (χ0n) is 37.2. The number of benzene rings is 2. The summed E-state index contributed by atoms with van der Waals surface area (Å²) in [6.07, 6.45) is 5.98. The molecule has 20 nitrogen and oxygen atoms in total. The largest absolute Gasteiger partial charge is 0.370 e. The second-order valence-corrected chi connectivity index (χ2v) is 16.3. The number of amides is 7. The van der Waals surface area contributed by atoms with Gasteiger partial charge >= 0.3 is 0 Å². The zero-order chi connectivity index (χ0) is 47.6. The van der Waals surface area contributed by atoms with Crippen LogP contribution >= 0.6 is 0 Å². The van der Waals surface area contributed by atoms with E-state index in [9.17, 15) is 38.4 Å². The maximum atomic E-state index is 14.5. The van der Waals surface area contributed by atoms with E-state index in [1.807, 2.05) is 24.3 Å². The molecule has 3 aromatic rings. The van der Waals surface area contributed by atoms with Gasteiger partial charge in [-0.2, -0.15) is 0 Å². The zero-order valence-corrected chi connectivity index (χ0v) is 37.2. The second-order valence-electron chi connectivity index (χ2n) is 16.3. The van der Waals surface area contributed by atoms with Gasteiger partial charge in [-0.05, 0) is 56.2 Å². The summed E-state index contributed by atoms with van der Waals surface area (Å²) in [6.45, 7) is 2.61. The molecule has 6 atom stereocenters. The van der Waals surface area contributed by atoms with Crippen molar-refractivity contribution in [1.29, 1.82) is 0 Å². The Balaban J connectivity index is 1.53. The number of hydrogen-bond acceptors (Lipinski definition) is 10. The van der Waals surface area contributed by atoms with Crippen molar-refractivity contribution in [3.63, 3.8) is 0 Å². The summed E-state index contributed by atoms with van der Waals surface area (Å²) >= 11 is 0. The molecule has 0 spiro atoms. The van der Waals surface area contributed by atoms with Gasteiger partial charge in [0.05, 0.1) is 6.04 Å². The van der Waals surface area contributed by atoms with Crippen molar-refractivity contribution < 1.29 is 38.4 Å². The molecular weight excluding hydrogens is 849 g/mol. The highest BCUT2D eigenvalue weighted by Crippen LogP contribution is 2.20. The fourth-order valence-corrected chi connectivity index (χ4v) is 7.69. The van der Waals surface area contributed by atoms with Gasteiger partial charge in [0.25, 0.3) is 0 Å².